The van der Waals surface area contributed by atoms with Crippen LogP contribution in [0.1, 0.15) is 161 Å². The Balaban J connectivity index is 0.000000179. The van der Waals surface area contributed by atoms with Crippen molar-refractivity contribution in [3.8, 4) is 45.0 Å². The molecule has 34 heteroatoms. The molecule has 4 aromatic heterocycles. The molecule has 0 atom stereocenters. The van der Waals surface area contributed by atoms with Gasteiger partial charge < -0.3 is 23.6 Å². The summed E-state index contributed by atoms with van der Waals surface area (Å²) in [5, 5.41) is 40.5. The number of aromatic nitrogens is 5. The molecule has 4 saturated heterocycles. The lowest BCUT2D eigenvalue weighted by Crippen LogP contribution is -2.57. The molecule has 30 nitrogen and oxygen atoms in total. The van der Waals surface area contributed by atoms with Crippen molar-refractivity contribution in [2.75, 3.05) is 59.3 Å². The fraction of sp³-hybridized carbons (Fsp3) is 0.464. The van der Waals surface area contributed by atoms with Gasteiger partial charge in [-0.3, -0.25) is 55.0 Å². The summed E-state index contributed by atoms with van der Waals surface area (Å²) in [6.45, 7) is 15.3. The van der Waals surface area contributed by atoms with Gasteiger partial charge in [-0.15, -0.1) is 0 Å². The van der Waals surface area contributed by atoms with E-state index in [1.807, 2.05) is 55.7 Å². The number of carbonyl (C=O) groups excluding carboxylic acids is 4. The Morgan fingerprint density at radius 2 is 0.754 bits per heavy atom. The number of rotatable bonds is 29. The molecule has 0 aliphatic carbocycles. The van der Waals surface area contributed by atoms with Gasteiger partial charge in [-0.1, -0.05) is 121 Å². The van der Waals surface area contributed by atoms with E-state index < -0.39 is 82.0 Å². The lowest BCUT2D eigenvalue weighted by Gasteiger charge is -2.39. The van der Waals surface area contributed by atoms with Gasteiger partial charge in [0.2, 0.25) is 11.7 Å². The summed E-state index contributed by atoms with van der Waals surface area (Å²) in [6.07, 6.45) is 16.8. The van der Waals surface area contributed by atoms with Crippen LogP contribution in [-0.4, -0.2) is 186 Å². The number of hydrogen-bond donors (Lipinski definition) is 8. The average molecular weight is 1710 g/mol. The maximum absolute atomic E-state index is 13.5. The molecule has 638 valence electrons. The second-order valence-corrected chi connectivity index (χ2v) is 39.1. The van der Waals surface area contributed by atoms with Crippen molar-refractivity contribution in [1.82, 2.24) is 51.9 Å². The van der Waals surface area contributed by atoms with Crippen LogP contribution in [0.4, 0.5) is 0 Å². The van der Waals surface area contributed by atoms with Gasteiger partial charge in [0.05, 0.1) is 31.0 Å². The monoisotopic (exact) mass is 1700 g/mol. The van der Waals surface area contributed by atoms with Crippen LogP contribution in [0.25, 0.3) is 45.0 Å². The number of aryl methyl sites for hydroxylation is 4. The van der Waals surface area contributed by atoms with E-state index in [-0.39, 0.29) is 111 Å². The van der Waals surface area contributed by atoms with Crippen molar-refractivity contribution in [3.63, 3.8) is 0 Å². The van der Waals surface area contributed by atoms with Crippen LogP contribution >= 0.6 is 0 Å². The predicted molar refractivity (Wildman–Crippen MR) is 439 cm³/mol. The van der Waals surface area contributed by atoms with Crippen LogP contribution in [0.2, 0.25) is 0 Å². The quantitative estimate of drug-likeness (QED) is 0.0159. The number of pyridine rings is 3. The number of carbonyl (C=O) groups is 4. The first-order valence-corrected chi connectivity index (χ1v) is 45.8. The van der Waals surface area contributed by atoms with E-state index in [1.165, 1.54) is 76.1 Å². The van der Waals surface area contributed by atoms with Crippen molar-refractivity contribution in [2.24, 2.45) is 5.92 Å². The van der Waals surface area contributed by atoms with E-state index in [0.29, 0.717) is 42.7 Å². The molecule has 118 heavy (non-hydrogen) atoms. The normalized spacial score (nSPS) is 16.5. The third-order valence-electron chi connectivity index (χ3n) is 22.3. The molecular formula is C84H108N10O20S4. The number of sulfone groups is 4. The lowest BCUT2D eigenvalue weighted by atomic mass is 9.95. The SMILES string of the molecule is CC(C)CCc1ccc(-c2ccc(S(=O)(=O)C3(C(=O)NO)CCOCC3)cc2)nc1.CCCCc1ccc(-c2ccc(S(=O)(=O)C3(C(=O)NO)CCN(CC)CC3)cc2)cn1.CCCCc1ccc(-c2ccc(S(=O)(=O)C3(C(=O)NO)CCOCC3)cc2)nc1.CCCCc1nc(-c2ccc(S(=O)(=O)C3(C(=O)NO)CCOCC3)cc2)no1. The first kappa shape index (κ1) is 92.7. The van der Waals surface area contributed by atoms with Gasteiger partial charge in [-0.05, 0) is 204 Å². The fourth-order valence-electron chi connectivity index (χ4n) is 14.6. The molecule has 8 aromatic rings. The Labute approximate surface area is 690 Å². The fourth-order valence-corrected chi connectivity index (χ4v) is 22.3. The molecule has 12 rings (SSSR count). The number of piperidine rings is 1. The van der Waals surface area contributed by atoms with Gasteiger partial charge in [-0.2, -0.15) is 4.98 Å². The summed E-state index contributed by atoms with van der Waals surface area (Å²) in [7, 11) is -16.1. The minimum atomic E-state index is -4.06. The van der Waals surface area contributed by atoms with Gasteiger partial charge in [-0.25, -0.2) is 55.6 Å². The number of likely N-dealkylation sites (tertiary alicyclic amines) is 1. The summed E-state index contributed by atoms with van der Waals surface area (Å²) < 4.78 is 120. The number of ether oxygens (including phenoxy) is 3. The standard InChI is InChI=1S/C23H31N3O4S.C22H28N2O5S.C21H26N2O5S.C18H23N3O6S/c1-3-5-6-20-10-7-19(17-24-20)18-8-11-21(12-9-18)31(29,30)23(22(27)25-28)13-15-26(4-2)16-14-23;1-16(2)3-4-17-5-10-20(23-15-17)18-6-8-19(9-7-18)30(27,28)22(21(25)24-26)11-13-29-14-12-22;1-2-3-4-16-5-10-19(22-15-16)17-6-8-18(9-7-17)29(26,27)21(20(24)23-25)11-13-28-14-12-21;1-2-3-4-15-19-16(21-27-15)13-5-7-14(8-6-13)28(24,25)18(17(22)20-23)9-11-26-12-10-18/h7-12,17,28H,3-6,13-16H2,1-2H3,(H,25,27);5-10,15-16,26H,3-4,11-14H2,1-2H3,(H,24,25);5-10,15,25H,2-4,11-14H2,1H3,(H,23,24);5-8,23H,2-4,9-12H2,1H3,(H,20,22). The number of benzene rings is 4. The number of unbranched alkanes of at least 4 members (excludes halogenated alkanes) is 3. The topological polar surface area (TPSA) is 442 Å². The zero-order chi connectivity index (χ0) is 85.4. The summed E-state index contributed by atoms with van der Waals surface area (Å²) in [6, 6.07) is 37.1. The second kappa shape index (κ2) is 42.2. The largest absolute Gasteiger partial charge is 0.381 e. The highest BCUT2D eigenvalue weighted by Gasteiger charge is 2.56. The molecule has 0 bridgehead atoms. The zero-order valence-corrected chi connectivity index (χ0v) is 70.7. The van der Waals surface area contributed by atoms with E-state index in [0.717, 1.165) is 110 Å². The highest BCUT2D eigenvalue weighted by atomic mass is 32.2. The van der Waals surface area contributed by atoms with Crippen LogP contribution in [0, 0.1) is 5.92 Å². The molecule has 8 N–H and O–H groups in total. The number of nitrogens with one attached hydrogen (secondary N) is 4. The number of nitrogens with zero attached hydrogens (tertiary/aromatic N) is 6. The summed E-state index contributed by atoms with van der Waals surface area (Å²) >= 11 is 0. The van der Waals surface area contributed by atoms with Crippen LogP contribution in [0.15, 0.2) is 176 Å². The average Bonchev–Trinajstić information content (AvgIpc) is 0.948. The van der Waals surface area contributed by atoms with Crippen molar-refractivity contribution in [3.05, 3.63) is 175 Å². The Morgan fingerprint density at radius 3 is 1.09 bits per heavy atom. The minimum absolute atomic E-state index is 0.00967. The maximum Gasteiger partial charge on any atom is 0.265 e. The molecule has 4 aliphatic heterocycles. The van der Waals surface area contributed by atoms with Gasteiger partial charge in [0, 0.05) is 106 Å². The van der Waals surface area contributed by atoms with Crippen molar-refractivity contribution >= 4 is 63.0 Å². The maximum atomic E-state index is 13.5. The van der Waals surface area contributed by atoms with Crippen molar-refractivity contribution in [1.29, 1.82) is 0 Å². The Hall–Kier alpha value is -9.17. The molecule has 0 saturated carbocycles. The Bertz CT molecular complexity index is 5080. The zero-order valence-electron chi connectivity index (χ0n) is 67.4. The molecule has 8 heterocycles. The summed E-state index contributed by atoms with van der Waals surface area (Å²) in [4.78, 5) is 69.4. The molecule has 0 unspecified atom stereocenters. The van der Waals surface area contributed by atoms with Crippen LogP contribution in [0.5, 0.6) is 0 Å². The minimum Gasteiger partial charge on any atom is -0.381 e. The molecule has 0 spiro atoms. The van der Waals surface area contributed by atoms with Crippen LogP contribution < -0.4 is 21.9 Å². The Kier molecular flexibility index (Phi) is 33.1. The smallest absolute Gasteiger partial charge is 0.265 e. The van der Waals surface area contributed by atoms with Crippen molar-refractivity contribution < 1.29 is 92.4 Å². The molecular weight excluding hydrogens is 1600 g/mol. The van der Waals surface area contributed by atoms with Gasteiger partial charge >= 0.3 is 0 Å². The van der Waals surface area contributed by atoms with E-state index in [4.69, 9.17) is 34.4 Å². The van der Waals surface area contributed by atoms with Crippen molar-refractivity contribution in [2.45, 2.75) is 202 Å². The molecule has 4 fully saturated rings. The number of amides is 4. The lowest BCUT2D eigenvalue weighted by molar-refractivity contribution is -0.135. The molecule has 4 aliphatic rings. The summed E-state index contributed by atoms with van der Waals surface area (Å²) in [5.74, 6) is -2.11. The van der Waals surface area contributed by atoms with Gasteiger partial charge in [0.25, 0.3) is 23.6 Å². The molecule has 4 amide bonds. The van der Waals surface area contributed by atoms with E-state index >= 15 is 0 Å². The molecule has 0 radical (unpaired) electrons. The third kappa shape index (κ3) is 21.0. The first-order valence-electron chi connectivity index (χ1n) is 39.9. The highest BCUT2D eigenvalue weighted by Crippen LogP contribution is 2.41. The third-order valence-corrected chi connectivity index (χ3v) is 32.3. The van der Waals surface area contributed by atoms with E-state index in [1.54, 1.807) is 60.2 Å². The molecule has 4 aromatic carbocycles. The Morgan fingerprint density at radius 1 is 0.407 bits per heavy atom. The number of hydroxylamine groups is 4. The predicted octanol–water partition coefficient (Wildman–Crippen LogP) is 11.2. The second-order valence-electron chi connectivity index (χ2n) is 30.0. The van der Waals surface area contributed by atoms with E-state index in [2.05, 4.69) is 64.6 Å². The van der Waals surface area contributed by atoms with Gasteiger partial charge in [0.1, 0.15) is 0 Å². The van der Waals surface area contributed by atoms with Crippen LogP contribution in [0.3, 0.4) is 0 Å². The highest BCUT2D eigenvalue weighted by molar-refractivity contribution is 7.94. The first-order chi connectivity index (χ1) is 56.6. The van der Waals surface area contributed by atoms with Crippen LogP contribution in [-0.2, 0) is 98.4 Å². The summed E-state index contributed by atoms with van der Waals surface area (Å²) in [5.41, 5.74) is 15.0. The van der Waals surface area contributed by atoms with E-state index in [9.17, 15) is 58.1 Å². The number of hydrogen-bond acceptors (Lipinski definition) is 26. The van der Waals surface area contributed by atoms with Gasteiger partial charge in [0.15, 0.2) is 58.3 Å².